The third-order valence-corrected chi connectivity index (χ3v) is 4.27. The molecule has 100 valence electrons. The summed E-state index contributed by atoms with van der Waals surface area (Å²) in [5, 5.41) is 0.799. The Bertz CT molecular complexity index is 447. The zero-order valence-electron chi connectivity index (χ0n) is 10.7. The molecule has 7 heteroatoms. The van der Waals surface area contributed by atoms with E-state index in [4.69, 9.17) is 11.5 Å². The number of nitrogens with zero attached hydrogens (tertiary/aromatic N) is 3. The summed E-state index contributed by atoms with van der Waals surface area (Å²) >= 11 is 1.35. The lowest BCUT2D eigenvalue weighted by Gasteiger charge is -2.14. The molecule has 0 aromatic carbocycles. The van der Waals surface area contributed by atoms with E-state index >= 15 is 0 Å². The molecule has 1 saturated heterocycles. The molecule has 1 aromatic rings. The van der Waals surface area contributed by atoms with Crippen LogP contribution in [0, 0.1) is 0 Å². The number of rotatable bonds is 3. The Balaban J connectivity index is 2.19. The summed E-state index contributed by atoms with van der Waals surface area (Å²) in [5.74, 6) is 0.253. The monoisotopic (exact) mass is 269 g/mol. The molecule has 0 aliphatic carbocycles. The maximum atomic E-state index is 12.1. The molecule has 0 radical (unpaired) electrons. The zero-order chi connectivity index (χ0) is 13.3. The van der Waals surface area contributed by atoms with Crippen molar-refractivity contribution in [1.82, 2.24) is 9.88 Å². The van der Waals surface area contributed by atoms with Gasteiger partial charge in [0.15, 0.2) is 5.13 Å². The Kier molecular flexibility index (Phi) is 3.72. The van der Waals surface area contributed by atoms with E-state index in [0.29, 0.717) is 17.2 Å². The first-order chi connectivity index (χ1) is 8.52. The van der Waals surface area contributed by atoms with Crippen molar-refractivity contribution in [2.45, 2.75) is 19.4 Å². The average molecular weight is 269 g/mol. The molecule has 1 aromatic heterocycles. The molecule has 1 aliphatic heterocycles. The first-order valence-electron chi connectivity index (χ1n) is 6.05. The lowest BCUT2D eigenvalue weighted by molar-refractivity contribution is 0.0808. The number of thiazole rings is 1. The van der Waals surface area contributed by atoms with Gasteiger partial charge >= 0.3 is 0 Å². The Morgan fingerprint density at radius 2 is 2.39 bits per heavy atom. The second-order valence-corrected chi connectivity index (χ2v) is 5.50. The van der Waals surface area contributed by atoms with Crippen molar-refractivity contribution in [3.05, 3.63) is 4.88 Å². The molecule has 1 unspecified atom stereocenters. The topological polar surface area (TPSA) is 88.5 Å². The van der Waals surface area contributed by atoms with Crippen LogP contribution in [0.2, 0.25) is 0 Å². The number of aromatic nitrogens is 1. The molecular weight excluding hydrogens is 250 g/mol. The van der Waals surface area contributed by atoms with E-state index in [9.17, 15) is 4.79 Å². The normalized spacial score (nSPS) is 19.3. The Labute approximate surface area is 111 Å². The van der Waals surface area contributed by atoms with Crippen LogP contribution in [-0.2, 0) is 0 Å². The predicted molar refractivity (Wildman–Crippen MR) is 74.0 cm³/mol. The van der Waals surface area contributed by atoms with Crippen LogP contribution in [0.25, 0.3) is 0 Å². The standard InChI is InChI=1S/C11H19N5OS/c1-3-15(2)10(17)8-9(13)14-11(18-8)16-5-4-7(12)6-16/h7H,3-6,12-13H2,1-2H3. The quantitative estimate of drug-likeness (QED) is 0.827. The van der Waals surface area contributed by atoms with E-state index in [2.05, 4.69) is 9.88 Å². The maximum Gasteiger partial charge on any atom is 0.267 e. The molecule has 0 saturated carbocycles. The fourth-order valence-electron chi connectivity index (χ4n) is 1.89. The van der Waals surface area contributed by atoms with Crippen molar-refractivity contribution in [1.29, 1.82) is 0 Å². The molecule has 6 nitrogen and oxygen atoms in total. The molecule has 18 heavy (non-hydrogen) atoms. The van der Waals surface area contributed by atoms with E-state index in [1.54, 1.807) is 11.9 Å². The second-order valence-electron chi connectivity index (χ2n) is 4.52. The minimum absolute atomic E-state index is 0.0674. The second kappa shape index (κ2) is 5.11. The number of carbonyl (C=O) groups is 1. The van der Waals surface area contributed by atoms with Crippen molar-refractivity contribution in [3.63, 3.8) is 0 Å². The van der Waals surface area contributed by atoms with E-state index in [0.717, 1.165) is 24.6 Å². The van der Waals surface area contributed by atoms with Crippen LogP contribution in [0.4, 0.5) is 10.9 Å². The van der Waals surface area contributed by atoms with Gasteiger partial charge in [0.2, 0.25) is 0 Å². The number of nitrogen functional groups attached to an aromatic ring is 1. The van der Waals surface area contributed by atoms with Gasteiger partial charge in [0, 0.05) is 32.7 Å². The van der Waals surface area contributed by atoms with Gasteiger partial charge in [0.25, 0.3) is 5.91 Å². The lowest BCUT2D eigenvalue weighted by Crippen LogP contribution is -2.26. The highest BCUT2D eigenvalue weighted by Crippen LogP contribution is 2.30. The molecule has 2 rings (SSSR count). The van der Waals surface area contributed by atoms with E-state index in [1.807, 2.05) is 6.92 Å². The Hall–Kier alpha value is -1.34. The molecular formula is C11H19N5OS. The van der Waals surface area contributed by atoms with Gasteiger partial charge in [-0.25, -0.2) is 4.98 Å². The zero-order valence-corrected chi connectivity index (χ0v) is 11.5. The van der Waals surface area contributed by atoms with Crippen molar-refractivity contribution >= 4 is 28.2 Å². The van der Waals surface area contributed by atoms with Gasteiger partial charge in [-0.05, 0) is 13.3 Å². The highest BCUT2D eigenvalue weighted by molar-refractivity contribution is 7.18. The Morgan fingerprint density at radius 1 is 1.67 bits per heavy atom. The number of nitrogens with two attached hydrogens (primary N) is 2. The highest BCUT2D eigenvalue weighted by atomic mass is 32.1. The fraction of sp³-hybridized carbons (Fsp3) is 0.636. The third kappa shape index (κ3) is 2.41. The average Bonchev–Trinajstić information content (AvgIpc) is 2.93. The van der Waals surface area contributed by atoms with Gasteiger partial charge in [0.1, 0.15) is 10.7 Å². The number of anilines is 2. The molecule has 4 N–H and O–H groups in total. The fourth-order valence-corrected chi connectivity index (χ4v) is 2.90. The lowest BCUT2D eigenvalue weighted by atomic mass is 10.3. The Morgan fingerprint density at radius 3 is 2.94 bits per heavy atom. The minimum Gasteiger partial charge on any atom is -0.382 e. The summed E-state index contributed by atoms with van der Waals surface area (Å²) in [6, 6.07) is 0.188. The van der Waals surface area contributed by atoms with Crippen molar-refractivity contribution in [2.24, 2.45) is 5.73 Å². The first kappa shape index (κ1) is 13.1. The summed E-state index contributed by atoms with van der Waals surface area (Å²) in [5.41, 5.74) is 11.7. The summed E-state index contributed by atoms with van der Waals surface area (Å²) in [4.78, 5) is 20.6. The van der Waals surface area contributed by atoms with Crippen LogP contribution in [0.3, 0.4) is 0 Å². The number of carbonyl (C=O) groups excluding carboxylic acids is 1. The highest BCUT2D eigenvalue weighted by Gasteiger charge is 2.25. The largest absolute Gasteiger partial charge is 0.382 e. The maximum absolute atomic E-state index is 12.1. The van der Waals surface area contributed by atoms with Crippen molar-refractivity contribution < 1.29 is 4.79 Å². The first-order valence-corrected chi connectivity index (χ1v) is 6.86. The van der Waals surface area contributed by atoms with Gasteiger partial charge in [-0.1, -0.05) is 11.3 Å². The van der Waals surface area contributed by atoms with Crippen molar-refractivity contribution in [2.75, 3.05) is 37.3 Å². The minimum atomic E-state index is -0.0674. The van der Waals surface area contributed by atoms with Crippen LogP contribution >= 0.6 is 11.3 Å². The van der Waals surface area contributed by atoms with Gasteiger partial charge in [-0.2, -0.15) is 0 Å². The molecule has 1 atom stereocenters. The molecule has 0 bridgehead atoms. The smallest absolute Gasteiger partial charge is 0.267 e. The van der Waals surface area contributed by atoms with E-state index in [-0.39, 0.29) is 11.9 Å². The van der Waals surface area contributed by atoms with Gasteiger partial charge < -0.3 is 21.3 Å². The molecule has 0 spiro atoms. The molecule has 1 fully saturated rings. The van der Waals surface area contributed by atoms with Crippen LogP contribution in [0.15, 0.2) is 0 Å². The van der Waals surface area contributed by atoms with Crippen molar-refractivity contribution in [3.8, 4) is 0 Å². The van der Waals surface area contributed by atoms with Crippen LogP contribution in [0.1, 0.15) is 23.0 Å². The molecule has 1 amide bonds. The number of hydrogen-bond donors (Lipinski definition) is 2. The summed E-state index contributed by atoms with van der Waals surface area (Å²) < 4.78 is 0. The van der Waals surface area contributed by atoms with E-state index in [1.165, 1.54) is 11.3 Å². The predicted octanol–water partition coefficient (Wildman–Crippen LogP) is 0.355. The van der Waals surface area contributed by atoms with Crippen LogP contribution in [0.5, 0.6) is 0 Å². The van der Waals surface area contributed by atoms with Gasteiger partial charge in [-0.3, -0.25) is 4.79 Å². The number of amides is 1. The van der Waals surface area contributed by atoms with Gasteiger partial charge in [-0.15, -0.1) is 0 Å². The summed E-state index contributed by atoms with van der Waals surface area (Å²) in [7, 11) is 1.76. The SMILES string of the molecule is CCN(C)C(=O)c1sc(N2CCC(N)C2)nc1N. The molecule has 2 heterocycles. The van der Waals surface area contributed by atoms with Crippen LogP contribution < -0.4 is 16.4 Å². The summed E-state index contributed by atoms with van der Waals surface area (Å²) in [6.07, 6.45) is 0.956. The summed E-state index contributed by atoms with van der Waals surface area (Å²) in [6.45, 7) is 4.24. The van der Waals surface area contributed by atoms with Crippen LogP contribution in [-0.4, -0.2) is 48.5 Å². The third-order valence-electron chi connectivity index (χ3n) is 3.15. The van der Waals surface area contributed by atoms with Gasteiger partial charge in [0.05, 0.1) is 0 Å². The van der Waals surface area contributed by atoms with E-state index < -0.39 is 0 Å². The number of hydrogen-bond acceptors (Lipinski definition) is 6. The molecule has 1 aliphatic rings.